The Bertz CT molecular complexity index is 1100. The number of aryl methyl sites for hydroxylation is 2. The largest absolute Gasteiger partial charge is 0.322 e. The Labute approximate surface area is 162 Å². The van der Waals surface area contributed by atoms with E-state index in [9.17, 15) is 14.4 Å². The molecule has 0 radical (unpaired) electrons. The van der Waals surface area contributed by atoms with Crippen molar-refractivity contribution in [3.63, 3.8) is 0 Å². The summed E-state index contributed by atoms with van der Waals surface area (Å²) >= 11 is 0. The number of para-hydroxylation sites is 1. The van der Waals surface area contributed by atoms with Crippen molar-refractivity contribution < 1.29 is 14.4 Å². The minimum absolute atomic E-state index is 0.261. The maximum Gasteiger partial charge on any atom is 0.266 e. The molecule has 0 aliphatic carbocycles. The van der Waals surface area contributed by atoms with Gasteiger partial charge in [-0.1, -0.05) is 42.0 Å². The van der Waals surface area contributed by atoms with Crippen molar-refractivity contribution in [3.05, 3.63) is 94.5 Å². The lowest BCUT2D eigenvalue weighted by atomic mass is 10.1. The zero-order valence-corrected chi connectivity index (χ0v) is 15.5. The number of imide groups is 1. The van der Waals surface area contributed by atoms with Gasteiger partial charge < -0.3 is 5.32 Å². The fourth-order valence-corrected chi connectivity index (χ4v) is 3.41. The van der Waals surface area contributed by atoms with E-state index in [4.69, 9.17) is 0 Å². The summed E-state index contributed by atoms with van der Waals surface area (Å²) in [5.74, 6) is -1.22. The monoisotopic (exact) mass is 370 g/mol. The van der Waals surface area contributed by atoms with Crippen LogP contribution in [0.15, 0.2) is 66.7 Å². The molecule has 3 aromatic rings. The van der Waals surface area contributed by atoms with E-state index >= 15 is 0 Å². The Morgan fingerprint density at radius 1 is 0.821 bits per heavy atom. The van der Waals surface area contributed by atoms with E-state index < -0.39 is 11.8 Å². The third-order valence-corrected chi connectivity index (χ3v) is 4.81. The number of rotatable bonds is 3. The molecule has 0 bridgehead atoms. The van der Waals surface area contributed by atoms with Gasteiger partial charge in [0.1, 0.15) is 0 Å². The highest BCUT2D eigenvalue weighted by molar-refractivity contribution is 6.35. The van der Waals surface area contributed by atoms with Gasteiger partial charge in [-0.25, -0.2) is 4.90 Å². The molecule has 4 rings (SSSR count). The number of fused-ring (bicyclic) bond motifs is 1. The molecule has 0 spiro atoms. The van der Waals surface area contributed by atoms with Crippen molar-refractivity contribution in [2.24, 2.45) is 0 Å². The first-order valence-corrected chi connectivity index (χ1v) is 8.93. The zero-order chi connectivity index (χ0) is 19.8. The maximum absolute atomic E-state index is 13.0. The molecule has 5 nitrogen and oxygen atoms in total. The predicted molar refractivity (Wildman–Crippen MR) is 108 cm³/mol. The molecule has 28 heavy (non-hydrogen) atoms. The summed E-state index contributed by atoms with van der Waals surface area (Å²) in [5, 5.41) is 2.88. The van der Waals surface area contributed by atoms with Crippen LogP contribution in [0.4, 0.5) is 11.4 Å². The summed E-state index contributed by atoms with van der Waals surface area (Å²) in [4.78, 5) is 39.6. The molecule has 0 aromatic heterocycles. The van der Waals surface area contributed by atoms with Crippen LogP contribution in [-0.4, -0.2) is 17.7 Å². The topological polar surface area (TPSA) is 66.5 Å². The Morgan fingerprint density at radius 3 is 2.07 bits per heavy atom. The van der Waals surface area contributed by atoms with Gasteiger partial charge in [0.15, 0.2) is 0 Å². The quantitative estimate of drug-likeness (QED) is 0.697. The summed E-state index contributed by atoms with van der Waals surface area (Å²) < 4.78 is 0. The van der Waals surface area contributed by atoms with Crippen LogP contribution >= 0.6 is 0 Å². The molecule has 0 saturated heterocycles. The second kappa shape index (κ2) is 6.78. The summed E-state index contributed by atoms with van der Waals surface area (Å²) in [6.07, 6.45) is 0. The van der Waals surface area contributed by atoms with Crippen molar-refractivity contribution >= 4 is 29.1 Å². The highest BCUT2D eigenvalue weighted by Crippen LogP contribution is 2.31. The Morgan fingerprint density at radius 2 is 1.43 bits per heavy atom. The van der Waals surface area contributed by atoms with E-state index in [1.807, 2.05) is 32.0 Å². The normalized spacial score (nSPS) is 12.9. The van der Waals surface area contributed by atoms with Crippen LogP contribution in [0.1, 0.15) is 42.2 Å². The number of nitrogens with one attached hydrogen (secondary N) is 1. The maximum atomic E-state index is 13.0. The fourth-order valence-electron chi connectivity index (χ4n) is 3.41. The predicted octanol–water partition coefficient (Wildman–Crippen LogP) is 4.36. The zero-order valence-electron chi connectivity index (χ0n) is 15.5. The fraction of sp³-hybridized carbons (Fsp3) is 0.0870. The summed E-state index contributed by atoms with van der Waals surface area (Å²) in [5.41, 5.74) is 3.95. The molecule has 1 aliphatic heterocycles. The molecule has 5 heteroatoms. The number of carbonyl (C=O) groups excluding carboxylic acids is 3. The van der Waals surface area contributed by atoms with Crippen molar-refractivity contribution in [2.45, 2.75) is 13.8 Å². The third kappa shape index (κ3) is 2.87. The van der Waals surface area contributed by atoms with Crippen molar-refractivity contribution in [3.8, 4) is 0 Å². The summed E-state index contributed by atoms with van der Waals surface area (Å²) in [6.45, 7) is 3.90. The molecule has 1 heterocycles. The van der Waals surface area contributed by atoms with Crippen LogP contribution in [0.3, 0.4) is 0 Å². The first-order valence-electron chi connectivity index (χ1n) is 8.93. The van der Waals surface area contributed by atoms with Gasteiger partial charge in [-0.05, 0) is 49.7 Å². The van der Waals surface area contributed by atoms with Crippen molar-refractivity contribution in [1.82, 2.24) is 0 Å². The number of nitrogens with zero attached hydrogens (tertiary/aromatic N) is 1. The molecule has 1 aliphatic rings. The van der Waals surface area contributed by atoms with Gasteiger partial charge in [0.05, 0.1) is 22.4 Å². The van der Waals surface area contributed by atoms with Crippen LogP contribution in [0.5, 0.6) is 0 Å². The van der Waals surface area contributed by atoms with E-state index in [1.54, 1.807) is 48.5 Å². The molecular weight excluding hydrogens is 352 g/mol. The van der Waals surface area contributed by atoms with Crippen LogP contribution < -0.4 is 10.2 Å². The van der Waals surface area contributed by atoms with E-state index in [-0.39, 0.29) is 17.2 Å². The highest BCUT2D eigenvalue weighted by atomic mass is 16.2. The van der Waals surface area contributed by atoms with Crippen molar-refractivity contribution in [2.75, 3.05) is 10.2 Å². The number of carbonyl (C=O) groups is 3. The van der Waals surface area contributed by atoms with Crippen molar-refractivity contribution in [1.29, 1.82) is 0 Å². The average Bonchev–Trinajstić information content (AvgIpc) is 2.95. The van der Waals surface area contributed by atoms with Gasteiger partial charge in [-0.15, -0.1) is 0 Å². The number of hydrogen-bond acceptors (Lipinski definition) is 3. The molecule has 138 valence electrons. The highest BCUT2D eigenvalue weighted by Gasteiger charge is 2.37. The van der Waals surface area contributed by atoms with Gasteiger partial charge in [0, 0.05) is 5.69 Å². The first-order chi connectivity index (χ1) is 13.5. The van der Waals surface area contributed by atoms with E-state index in [0.717, 1.165) is 16.0 Å². The molecule has 0 saturated carbocycles. The SMILES string of the molecule is Cc1ccc(NC(=O)c2ccccc2N2C(=O)c3ccccc3C2=O)c(C)c1. The van der Waals surface area contributed by atoms with Gasteiger partial charge in [-0.2, -0.15) is 0 Å². The Balaban J connectivity index is 1.71. The number of anilines is 2. The number of amides is 3. The number of hydrogen-bond donors (Lipinski definition) is 1. The molecule has 0 fully saturated rings. The standard InChI is InChI=1S/C23H18N2O3/c1-14-11-12-19(15(2)13-14)24-21(26)18-9-5-6-10-20(18)25-22(27)16-7-3-4-8-17(16)23(25)28/h3-13H,1-2H3,(H,24,26). The lowest BCUT2D eigenvalue weighted by Gasteiger charge is -2.18. The van der Waals surface area contributed by atoms with Gasteiger partial charge in [-0.3, -0.25) is 14.4 Å². The van der Waals surface area contributed by atoms with Crippen LogP contribution in [-0.2, 0) is 0 Å². The van der Waals surface area contributed by atoms with Gasteiger partial charge in [0.25, 0.3) is 17.7 Å². The molecule has 3 aromatic carbocycles. The minimum Gasteiger partial charge on any atom is -0.322 e. The molecule has 0 unspecified atom stereocenters. The van der Waals surface area contributed by atoms with Gasteiger partial charge in [0.2, 0.25) is 0 Å². The third-order valence-electron chi connectivity index (χ3n) is 4.81. The Hall–Kier alpha value is -3.73. The lowest BCUT2D eigenvalue weighted by molar-refractivity contribution is 0.0926. The Kier molecular flexibility index (Phi) is 4.28. The van der Waals surface area contributed by atoms with Gasteiger partial charge >= 0.3 is 0 Å². The minimum atomic E-state index is -0.424. The number of benzene rings is 3. The first kappa shape index (κ1) is 17.7. The van der Waals surface area contributed by atoms with E-state index in [1.165, 1.54) is 0 Å². The molecular formula is C23H18N2O3. The molecule has 1 N–H and O–H groups in total. The second-order valence-electron chi connectivity index (χ2n) is 6.78. The van der Waals surface area contributed by atoms with Crippen LogP contribution in [0, 0.1) is 13.8 Å². The molecule has 3 amide bonds. The van der Waals surface area contributed by atoms with Crippen LogP contribution in [0.25, 0.3) is 0 Å². The second-order valence-corrected chi connectivity index (χ2v) is 6.78. The average molecular weight is 370 g/mol. The van der Waals surface area contributed by atoms with E-state index in [2.05, 4.69) is 5.32 Å². The molecule has 0 atom stereocenters. The lowest BCUT2D eigenvalue weighted by Crippen LogP contribution is -2.31. The summed E-state index contributed by atoms with van der Waals surface area (Å²) in [6, 6.07) is 19.0. The smallest absolute Gasteiger partial charge is 0.266 e. The van der Waals surface area contributed by atoms with E-state index in [0.29, 0.717) is 16.8 Å². The van der Waals surface area contributed by atoms with Crippen LogP contribution in [0.2, 0.25) is 0 Å². The summed E-state index contributed by atoms with van der Waals surface area (Å²) in [7, 11) is 0.